The Labute approximate surface area is 120 Å². The van der Waals surface area contributed by atoms with Crippen molar-refractivity contribution in [3.8, 4) is 5.75 Å². The molecule has 1 aliphatic rings. The third kappa shape index (κ3) is 2.95. The zero-order chi connectivity index (χ0) is 14.9. The van der Waals surface area contributed by atoms with Crippen LogP contribution >= 0.6 is 0 Å². The summed E-state index contributed by atoms with van der Waals surface area (Å²) in [6.45, 7) is 9.76. The van der Waals surface area contributed by atoms with Gasteiger partial charge in [-0.25, -0.2) is 4.79 Å². The number of rotatable bonds is 2. The first kappa shape index (κ1) is 14.4. The second-order valence-electron chi connectivity index (χ2n) is 5.92. The Morgan fingerprint density at radius 2 is 2.20 bits per heavy atom. The molecule has 0 N–H and O–H groups in total. The molecule has 0 unspecified atom stereocenters. The highest BCUT2D eigenvalue weighted by Gasteiger charge is 2.32. The van der Waals surface area contributed by atoms with Gasteiger partial charge in [-0.1, -0.05) is 24.8 Å². The van der Waals surface area contributed by atoms with Crippen LogP contribution in [-0.2, 0) is 4.74 Å². The van der Waals surface area contributed by atoms with E-state index >= 15 is 0 Å². The molecule has 20 heavy (non-hydrogen) atoms. The van der Waals surface area contributed by atoms with Crippen molar-refractivity contribution in [3.05, 3.63) is 35.9 Å². The second-order valence-corrected chi connectivity index (χ2v) is 5.92. The molecule has 0 radical (unpaired) electrons. The van der Waals surface area contributed by atoms with Crippen LogP contribution < -0.4 is 4.74 Å². The maximum absolute atomic E-state index is 12.1. The SMILES string of the molecule is C=Cc1ccc2c(c1)OC[C@H]2N(C)C(=O)OC(C)(C)C. The average molecular weight is 275 g/mol. The Balaban J connectivity index is 2.17. The predicted molar refractivity (Wildman–Crippen MR) is 78.8 cm³/mol. The zero-order valence-electron chi connectivity index (χ0n) is 12.5. The van der Waals surface area contributed by atoms with Crippen LogP contribution in [0, 0.1) is 0 Å². The summed E-state index contributed by atoms with van der Waals surface area (Å²) in [6, 6.07) is 5.77. The summed E-state index contributed by atoms with van der Waals surface area (Å²) in [4.78, 5) is 13.7. The molecule has 1 aliphatic heterocycles. The van der Waals surface area contributed by atoms with Gasteiger partial charge in [0.15, 0.2) is 0 Å². The fourth-order valence-electron chi connectivity index (χ4n) is 2.12. The van der Waals surface area contributed by atoms with Crippen molar-refractivity contribution in [2.45, 2.75) is 32.4 Å². The Hall–Kier alpha value is -1.97. The Morgan fingerprint density at radius 1 is 1.50 bits per heavy atom. The Morgan fingerprint density at radius 3 is 2.80 bits per heavy atom. The van der Waals surface area contributed by atoms with Gasteiger partial charge in [0.1, 0.15) is 18.0 Å². The minimum absolute atomic E-state index is 0.112. The molecule has 1 heterocycles. The number of amides is 1. The first-order valence-electron chi connectivity index (χ1n) is 6.67. The van der Waals surface area contributed by atoms with Crippen molar-refractivity contribution in [1.82, 2.24) is 4.90 Å². The topological polar surface area (TPSA) is 38.8 Å². The van der Waals surface area contributed by atoms with E-state index in [9.17, 15) is 4.79 Å². The number of hydrogen-bond acceptors (Lipinski definition) is 3. The first-order valence-corrected chi connectivity index (χ1v) is 6.67. The van der Waals surface area contributed by atoms with Gasteiger partial charge in [0, 0.05) is 12.6 Å². The molecule has 1 atom stereocenters. The third-order valence-corrected chi connectivity index (χ3v) is 3.18. The van der Waals surface area contributed by atoms with E-state index in [2.05, 4.69) is 6.58 Å². The molecular weight excluding hydrogens is 254 g/mol. The van der Waals surface area contributed by atoms with Crippen LogP contribution in [-0.4, -0.2) is 30.2 Å². The maximum Gasteiger partial charge on any atom is 0.410 e. The molecule has 108 valence electrons. The van der Waals surface area contributed by atoms with E-state index in [1.807, 2.05) is 39.0 Å². The lowest BCUT2D eigenvalue weighted by Gasteiger charge is -2.28. The molecule has 0 spiro atoms. The van der Waals surface area contributed by atoms with Gasteiger partial charge >= 0.3 is 6.09 Å². The number of nitrogens with zero attached hydrogens (tertiary/aromatic N) is 1. The third-order valence-electron chi connectivity index (χ3n) is 3.18. The molecule has 0 saturated carbocycles. The van der Waals surface area contributed by atoms with Crippen molar-refractivity contribution in [2.24, 2.45) is 0 Å². The average Bonchev–Trinajstić information content (AvgIpc) is 2.78. The van der Waals surface area contributed by atoms with E-state index in [1.165, 1.54) is 0 Å². The van der Waals surface area contributed by atoms with Gasteiger partial charge in [-0.05, 0) is 32.4 Å². The summed E-state index contributed by atoms with van der Waals surface area (Å²) in [5.41, 5.74) is 1.51. The molecule has 4 nitrogen and oxygen atoms in total. The number of carbonyl (C=O) groups is 1. The summed E-state index contributed by atoms with van der Waals surface area (Å²) in [5, 5.41) is 0. The van der Waals surface area contributed by atoms with E-state index in [4.69, 9.17) is 9.47 Å². The van der Waals surface area contributed by atoms with E-state index < -0.39 is 5.60 Å². The summed E-state index contributed by atoms with van der Waals surface area (Å²) >= 11 is 0. The van der Waals surface area contributed by atoms with Crippen molar-refractivity contribution in [1.29, 1.82) is 0 Å². The van der Waals surface area contributed by atoms with Crippen LogP contribution in [0.3, 0.4) is 0 Å². The van der Waals surface area contributed by atoms with E-state index in [-0.39, 0.29) is 12.1 Å². The second kappa shape index (κ2) is 5.19. The van der Waals surface area contributed by atoms with Crippen LogP contribution in [0.1, 0.15) is 37.9 Å². The van der Waals surface area contributed by atoms with Crippen LogP contribution in [0.4, 0.5) is 4.79 Å². The Kier molecular flexibility index (Phi) is 3.75. The molecule has 1 aromatic rings. The van der Waals surface area contributed by atoms with Gasteiger partial charge in [-0.2, -0.15) is 0 Å². The minimum atomic E-state index is -0.500. The molecule has 1 aromatic carbocycles. The molecule has 1 amide bonds. The van der Waals surface area contributed by atoms with Gasteiger partial charge in [0.25, 0.3) is 0 Å². The van der Waals surface area contributed by atoms with Crippen LogP contribution in [0.15, 0.2) is 24.8 Å². The van der Waals surface area contributed by atoms with Crippen LogP contribution in [0.5, 0.6) is 5.75 Å². The van der Waals surface area contributed by atoms with Gasteiger partial charge in [-0.15, -0.1) is 0 Å². The lowest BCUT2D eigenvalue weighted by Crippen LogP contribution is -2.37. The highest BCUT2D eigenvalue weighted by molar-refractivity contribution is 5.69. The quantitative estimate of drug-likeness (QED) is 0.827. The molecule has 0 bridgehead atoms. The molecular formula is C16H21NO3. The van der Waals surface area contributed by atoms with Gasteiger partial charge in [0.2, 0.25) is 0 Å². The number of carbonyl (C=O) groups excluding carboxylic acids is 1. The number of likely N-dealkylation sites (N-methyl/N-ethyl adjacent to an activating group) is 1. The van der Waals surface area contributed by atoms with Gasteiger partial charge in [-0.3, -0.25) is 0 Å². The number of fused-ring (bicyclic) bond motifs is 1. The minimum Gasteiger partial charge on any atom is -0.491 e. The summed E-state index contributed by atoms with van der Waals surface area (Å²) in [7, 11) is 1.73. The largest absolute Gasteiger partial charge is 0.491 e. The maximum atomic E-state index is 12.1. The molecule has 0 aromatic heterocycles. The summed E-state index contributed by atoms with van der Waals surface area (Å²) in [6.07, 6.45) is 1.43. The van der Waals surface area contributed by atoms with Crippen molar-refractivity contribution < 1.29 is 14.3 Å². The molecule has 0 saturated heterocycles. The zero-order valence-corrected chi connectivity index (χ0v) is 12.5. The lowest BCUT2D eigenvalue weighted by molar-refractivity contribution is 0.0201. The molecule has 4 heteroatoms. The number of benzene rings is 1. The van der Waals surface area contributed by atoms with E-state index in [0.717, 1.165) is 16.9 Å². The van der Waals surface area contributed by atoms with E-state index in [0.29, 0.717) is 6.61 Å². The Bertz CT molecular complexity index is 531. The monoisotopic (exact) mass is 275 g/mol. The van der Waals surface area contributed by atoms with Crippen molar-refractivity contribution >= 4 is 12.2 Å². The van der Waals surface area contributed by atoms with E-state index in [1.54, 1.807) is 18.0 Å². The van der Waals surface area contributed by atoms with Crippen molar-refractivity contribution in [3.63, 3.8) is 0 Å². The summed E-state index contributed by atoms with van der Waals surface area (Å²) < 4.78 is 11.0. The van der Waals surface area contributed by atoms with Crippen LogP contribution in [0.25, 0.3) is 6.08 Å². The molecule has 0 aliphatic carbocycles. The van der Waals surface area contributed by atoms with Gasteiger partial charge in [0.05, 0.1) is 6.04 Å². The first-order chi connectivity index (χ1) is 9.31. The van der Waals surface area contributed by atoms with Gasteiger partial charge < -0.3 is 14.4 Å². The number of hydrogen-bond donors (Lipinski definition) is 0. The molecule has 2 rings (SSSR count). The van der Waals surface area contributed by atoms with Crippen molar-refractivity contribution in [2.75, 3.05) is 13.7 Å². The highest BCUT2D eigenvalue weighted by atomic mass is 16.6. The normalized spacial score (nSPS) is 17.1. The predicted octanol–water partition coefficient (Wildman–Crippen LogP) is 3.63. The fraction of sp³-hybridized carbons (Fsp3) is 0.438. The highest BCUT2D eigenvalue weighted by Crippen LogP contribution is 2.36. The smallest absolute Gasteiger partial charge is 0.410 e. The molecule has 0 fully saturated rings. The summed E-state index contributed by atoms with van der Waals surface area (Å²) in [5.74, 6) is 0.808. The number of ether oxygens (including phenoxy) is 2. The van der Waals surface area contributed by atoms with Crippen LogP contribution in [0.2, 0.25) is 0 Å². The standard InChI is InChI=1S/C16H21NO3/c1-6-11-7-8-12-13(10-19-14(12)9-11)17(5)15(18)20-16(2,3)4/h6-9,13H,1,10H2,2-5H3/t13-/m1/s1. The lowest BCUT2D eigenvalue weighted by atomic mass is 10.1. The fourth-order valence-corrected chi connectivity index (χ4v) is 2.12.